The molecule has 1 aliphatic heterocycles. The Labute approximate surface area is 179 Å². The number of amides is 1. The predicted molar refractivity (Wildman–Crippen MR) is 108 cm³/mol. The van der Waals surface area contributed by atoms with Gasteiger partial charge in [-0.3, -0.25) is 9.48 Å². The van der Waals surface area contributed by atoms with E-state index in [-0.39, 0.29) is 23.9 Å². The van der Waals surface area contributed by atoms with Gasteiger partial charge < -0.3 is 9.64 Å². The number of likely N-dealkylation sites (tertiary alicyclic amines) is 1. The fourth-order valence-electron chi connectivity index (χ4n) is 3.90. The van der Waals surface area contributed by atoms with E-state index in [1.54, 1.807) is 13.0 Å². The number of rotatable bonds is 6. The topological polar surface area (TPSA) is 64.4 Å². The van der Waals surface area contributed by atoms with Crippen LogP contribution in [0.4, 0.5) is 13.2 Å². The first kappa shape index (κ1) is 22.8. The average molecular weight is 437 g/mol. The van der Waals surface area contributed by atoms with Gasteiger partial charge >= 0.3 is 12.1 Å². The zero-order valence-electron chi connectivity index (χ0n) is 17.6. The minimum absolute atomic E-state index is 0.0355. The van der Waals surface area contributed by atoms with Crippen molar-refractivity contribution in [3.8, 4) is 0 Å². The molecule has 0 unspecified atom stereocenters. The van der Waals surface area contributed by atoms with Gasteiger partial charge in [-0.1, -0.05) is 25.5 Å². The van der Waals surface area contributed by atoms with E-state index in [4.69, 9.17) is 4.74 Å². The largest absolute Gasteiger partial charge is 0.461 e. The maximum absolute atomic E-state index is 13.3. The summed E-state index contributed by atoms with van der Waals surface area (Å²) in [4.78, 5) is 26.3. The second-order valence-corrected chi connectivity index (χ2v) is 7.50. The molecule has 0 aliphatic carbocycles. The monoisotopic (exact) mass is 437 g/mol. The standard InChI is InChI=1S/C22H26F3N3O3/c1-3-7-16-14-19(21(30)31-4-2)26-28(16)15-10-12-27(13-11-15)20(29)17-8-5-6-9-18(17)22(23,24)25/h5-6,8-9,14-15H,3-4,7,10-13H2,1-2H3. The van der Waals surface area contributed by atoms with Crippen molar-refractivity contribution in [2.45, 2.75) is 51.7 Å². The smallest absolute Gasteiger partial charge is 0.417 e. The lowest BCUT2D eigenvalue weighted by Crippen LogP contribution is -2.40. The van der Waals surface area contributed by atoms with Crippen LogP contribution >= 0.6 is 0 Å². The van der Waals surface area contributed by atoms with Crippen LogP contribution in [-0.4, -0.2) is 46.3 Å². The Kier molecular flexibility index (Phi) is 7.02. The zero-order chi connectivity index (χ0) is 22.6. The molecule has 9 heteroatoms. The highest BCUT2D eigenvalue weighted by Crippen LogP contribution is 2.33. The number of carbonyl (C=O) groups excluding carboxylic acids is 2. The third-order valence-electron chi connectivity index (χ3n) is 5.36. The normalized spacial score (nSPS) is 15.2. The molecule has 1 aromatic heterocycles. The van der Waals surface area contributed by atoms with Crippen molar-refractivity contribution in [2.24, 2.45) is 0 Å². The SMILES string of the molecule is CCCc1cc(C(=O)OCC)nn1C1CCN(C(=O)c2ccccc2C(F)(F)F)CC1. The van der Waals surface area contributed by atoms with Crippen molar-refractivity contribution in [2.75, 3.05) is 19.7 Å². The van der Waals surface area contributed by atoms with Gasteiger partial charge in [0.25, 0.3) is 5.91 Å². The van der Waals surface area contributed by atoms with Crippen LogP contribution in [0, 0.1) is 0 Å². The number of carbonyl (C=O) groups is 2. The molecule has 6 nitrogen and oxygen atoms in total. The van der Waals surface area contributed by atoms with Crippen molar-refractivity contribution in [3.63, 3.8) is 0 Å². The number of ether oxygens (including phenoxy) is 1. The van der Waals surface area contributed by atoms with Gasteiger partial charge in [-0.05, 0) is 44.4 Å². The summed E-state index contributed by atoms with van der Waals surface area (Å²) in [7, 11) is 0. The van der Waals surface area contributed by atoms with Gasteiger partial charge in [-0.2, -0.15) is 18.3 Å². The van der Waals surface area contributed by atoms with E-state index in [2.05, 4.69) is 5.10 Å². The third kappa shape index (κ3) is 5.08. The Balaban J connectivity index is 1.74. The summed E-state index contributed by atoms with van der Waals surface area (Å²) < 4.78 is 46.7. The summed E-state index contributed by atoms with van der Waals surface area (Å²) in [5.41, 5.74) is -0.0806. The highest BCUT2D eigenvalue weighted by atomic mass is 19.4. The van der Waals surface area contributed by atoms with Gasteiger partial charge in [0.2, 0.25) is 0 Å². The fraction of sp³-hybridized carbons (Fsp3) is 0.500. The van der Waals surface area contributed by atoms with Crippen LogP contribution in [0.3, 0.4) is 0 Å². The molecule has 168 valence electrons. The molecule has 0 N–H and O–H groups in total. The first-order chi connectivity index (χ1) is 14.8. The molecule has 0 saturated carbocycles. The van der Waals surface area contributed by atoms with Crippen LogP contribution in [-0.2, 0) is 17.3 Å². The minimum atomic E-state index is -4.59. The molecular weight excluding hydrogens is 411 g/mol. The first-order valence-corrected chi connectivity index (χ1v) is 10.5. The van der Waals surface area contributed by atoms with Crippen LogP contribution in [0.1, 0.15) is 71.3 Å². The number of nitrogens with zero attached hydrogens (tertiary/aromatic N) is 3. The Morgan fingerprint density at radius 2 is 1.84 bits per heavy atom. The van der Waals surface area contributed by atoms with Crippen LogP contribution in [0.15, 0.2) is 30.3 Å². The third-order valence-corrected chi connectivity index (χ3v) is 5.36. The Hall–Kier alpha value is -2.84. The average Bonchev–Trinajstić information content (AvgIpc) is 3.17. The summed E-state index contributed by atoms with van der Waals surface area (Å²) in [6, 6.07) is 6.56. The van der Waals surface area contributed by atoms with Crippen LogP contribution in [0.5, 0.6) is 0 Å². The highest BCUT2D eigenvalue weighted by molar-refractivity contribution is 5.96. The lowest BCUT2D eigenvalue weighted by atomic mass is 10.0. The van der Waals surface area contributed by atoms with Gasteiger partial charge in [-0.15, -0.1) is 0 Å². The van der Waals surface area contributed by atoms with Gasteiger partial charge in [0.15, 0.2) is 5.69 Å². The summed E-state index contributed by atoms with van der Waals surface area (Å²) in [5.74, 6) is -1.09. The van der Waals surface area contributed by atoms with Crippen LogP contribution < -0.4 is 0 Å². The maximum atomic E-state index is 13.3. The van der Waals surface area contributed by atoms with Crippen LogP contribution in [0.25, 0.3) is 0 Å². The molecule has 0 radical (unpaired) electrons. The quantitative estimate of drug-likeness (QED) is 0.624. The fourth-order valence-corrected chi connectivity index (χ4v) is 3.90. The van der Waals surface area contributed by atoms with E-state index < -0.39 is 23.6 Å². The molecule has 1 saturated heterocycles. The molecule has 1 amide bonds. The second kappa shape index (κ2) is 9.53. The molecule has 1 aliphatic rings. The number of aryl methyl sites for hydroxylation is 1. The minimum Gasteiger partial charge on any atom is -0.461 e. The van der Waals surface area contributed by atoms with Crippen molar-refractivity contribution < 1.29 is 27.5 Å². The van der Waals surface area contributed by atoms with E-state index in [1.165, 1.54) is 23.1 Å². The van der Waals surface area contributed by atoms with Gasteiger partial charge in [-0.25, -0.2) is 4.79 Å². The van der Waals surface area contributed by atoms with Gasteiger partial charge in [0.05, 0.1) is 23.8 Å². The van der Waals surface area contributed by atoms with Crippen molar-refractivity contribution in [1.29, 1.82) is 0 Å². The molecule has 2 heterocycles. The predicted octanol–water partition coefficient (Wildman–Crippen LogP) is 4.51. The molecule has 3 rings (SSSR count). The number of piperidine rings is 1. The van der Waals surface area contributed by atoms with E-state index in [1.807, 2.05) is 11.6 Å². The summed E-state index contributed by atoms with van der Waals surface area (Å²) in [5, 5.41) is 4.44. The number of esters is 1. The summed E-state index contributed by atoms with van der Waals surface area (Å²) in [6.45, 7) is 4.65. The van der Waals surface area contributed by atoms with Crippen molar-refractivity contribution in [3.05, 3.63) is 52.8 Å². The zero-order valence-corrected chi connectivity index (χ0v) is 17.6. The molecule has 2 aromatic rings. The lowest BCUT2D eigenvalue weighted by molar-refractivity contribution is -0.138. The number of halogens is 3. The number of hydrogen-bond acceptors (Lipinski definition) is 4. The van der Waals surface area contributed by atoms with Crippen LogP contribution in [0.2, 0.25) is 0 Å². The lowest BCUT2D eigenvalue weighted by Gasteiger charge is -2.33. The van der Waals surface area contributed by atoms with Crippen molar-refractivity contribution in [1.82, 2.24) is 14.7 Å². The number of aromatic nitrogens is 2. The van der Waals surface area contributed by atoms with E-state index in [0.717, 1.165) is 24.6 Å². The number of hydrogen-bond donors (Lipinski definition) is 0. The summed E-state index contributed by atoms with van der Waals surface area (Å²) >= 11 is 0. The van der Waals surface area contributed by atoms with Gasteiger partial charge in [0, 0.05) is 18.8 Å². The van der Waals surface area contributed by atoms with E-state index in [9.17, 15) is 22.8 Å². The van der Waals surface area contributed by atoms with E-state index in [0.29, 0.717) is 25.9 Å². The second-order valence-electron chi connectivity index (χ2n) is 7.50. The molecule has 1 aromatic carbocycles. The molecule has 0 atom stereocenters. The molecular formula is C22H26F3N3O3. The molecule has 0 spiro atoms. The highest BCUT2D eigenvalue weighted by Gasteiger charge is 2.36. The summed E-state index contributed by atoms with van der Waals surface area (Å²) in [6.07, 6.45) is -1.89. The molecule has 0 bridgehead atoms. The maximum Gasteiger partial charge on any atom is 0.417 e. The van der Waals surface area contributed by atoms with E-state index >= 15 is 0 Å². The number of alkyl halides is 3. The Morgan fingerprint density at radius 3 is 2.45 bits per heavy atom. The molecule has 1 fully saturated rings. The van der Waals surface area contributed by atoms with Crippen molar-refractivity contribution >= 4 is 11.9 Å². The van der Waals surface area contributed by atoms with Gasteiger partial charge in [0.1, 0.15) is 0 Å². The Bertz CT molecular complexity index is 932. The first-order valence-electron chi connectivity index (χ1n) is 10.5. The Morgan fingerprint density at radius 1 is 1.16 bits per heavy atom. The number of benzene rings is 1. The molecule has 31 heavy (non-hydrogen) atoms.